The van der Waals surface area contributed by atoms with E-state index >= 15 is 0 Å². The van der Waals surface area contributed by atoms with Gasteiger partial charge in [0.2, 0.25) is 0 Å². The first-order valence-corrected chi connectivity index (χ1v) is 6.50. The lowest BCUT2D eigenvalue weighted by atomic mass is 10.2. The van der Waals surface area contributed by atoms with Gasteiger partial charge in [0.05, 0.1) is 5.56 Å². The highest BCUT2D eigenvalue weighted by Gasteiger charge is 2.04. The van der Waals surface area contributed by atoms with Crippen LogP contribution in [0.15, 0.2) is 22.7 Å². The molecule has 4 heteroatoms. The van der Waals surface area contributed by atoms with Gasteiger partial charge in [0.25, 0.3) is 0 Å². The van der Waals surface area contributed by atoms with Crippen LogP contribution in [0.2, 0.25) is 0 Å². The number of halogens is 1. The van der Waals surface area contributed by atoms with Crippen molar-refractivity contribution in [2.75, 3.05) is 25.1 Å². The van der Waals surface area contributed by atoms with Gasteiger partial charge < -0.3 is 10.0 Å². The minimum absolute atomic E-state index is 0.270. The van der Waals surface area contributed by atoms with Crippen LogP contribution in [0.25, 0.3) is 0 Å². The molecule has 0 saturated heterocycles. The summed E-state index contributed by atoms with van der Waals surface area (Å²) >= 11 is 3.39. The van der Waals surface area contributed by atoms with Crippen LogP contribution >= 0.6 is 15.9 Å². The molecule has 1 N–H and O–H groups in total. The third kappa shape index (κ3) is 4.37. The average molecular weight is 297 g/mol. The molecule has 17 heavy (non-hydrogen) atoms. The standard InChI is InChI=1S/C13H17BrN2O/c1-16(7-3-2-4-8-17)12-6-5-11(10-15)13(14)9-12/h5-6,9,17H,2-4,7-8H2,1H3. The number of benzene rings is 1. The summed E-state index contributed by atoms with van der Waals surface area (Å²) in [5.74, 6) is 0. The Morgan fingerprint density at radius 3 is 2.71 bits per heavy atom. The summed E-state index contributed by atoms with van der Waals surface area (Å²) < 4.78 is 0.833. The molecule has 0 heterocycles. The largest absolute Gasteiger partial charge is 0.396 e. The number of rotatable bonds is 6. The van der Waals surface area contributed by atoms with Crippen molar-refractivity contribution in [2.45, 2.75) is 19.3 Å². The Morgan fingerprint density at radius 2 is 2.12 bits per heavy atom. The summed E-state index contributed by atoms with van der Waals surface area (Å²) in [6, 6.07) is 7.87. The summed E-state index contributed by atoms with van der Waals surface area (Å²) in [6.45, 7) is 1.23. The van der Waals surface area contributed by atoms with E-state index in [-0.39, 0.29) is 6.61 Å². The van der Waals surface area contributed by atoms with Crippen molar-refractivity contribution in [1.29, 1.82) is 5.26 Å². The second-order valence-electron chi connectivity index (χ2n) is 3.98. The van der Waals surface area contributed by atoms with E-state index in [2.05, 4.69) is 26.9 Å². The number of nitrogens with zero attached hydrogens (tertiary/aromatic N) is 2. The fraction of sp³-hybridized carbons (Fsp3) is 0.462. The maximum absolute atomic E-state index is 8.83. The molecule has 1 aromatic carbocycles. The first-order valence-electron chi connectivity index (χ1n) is 5.70. The van der Waals surface area contributed by atoms with Gasteiger partial charge >= 0.3 is 0 Å². The smallest absolute Gasteiger partial charge is 0.100 e. The van der Waals surface area contributed by atoms with E-state index in [1.165, 1.54) is 0 Å². The molecular formula is C13H17BrN2O. The molecule has 92 valence electrons. The van der Waals surface area contributed by atoms with Gasteiger partial charge in [0, 0.05) is 30.4 Å². The normalized spacial score (nSPS) is 10.0. The zero-order valence-electron chi connectivity index (χ0n) is 9.99. The van der Waals surface area contributed by atoms with E-state index in [1.54, 1.807) is 0 Å². The fourth-order valence-corrected chi connectivity index (χ4v) is 2.05. The molecule has 0 atom stereocenters. The maximum atomic E-state index is 8.83. The van der Waals surface area contributed by atoms with Gasteiger partial charge in [-0.1, -0.05) is 0 Å². The van der Waals surface area contributed by atoms with Gasteiger partial charge in [-0.05, 0) is 53.4 Å². The molecule has 0 bridgehead atoms. The number of aliphatic hydroxyl groups is 1. The van der Waals surface area contributed by atoms with Gasteiger partial charge in [-0.2, -0.15) is 5.26 Å². The summed E-state index contributed by atoms with van der Waals surface area (Å²) in [7, 11) is 2.03. The van der Waals surface area contributed by atoms with E-state index in [1.807, 2.05) is 25.2 Å². The van der Waals surface area contributed by atoms with Crippen LogP contribution in [-0.2, 0) is 0 Å². The van der Waals surface area contributed by atoms with E-state index in [9.17, 15) is 0 Å². The van der Waals surface area contributed by atoms with Crippen LogP contribution in [0.4, 0.5) is 5.69 Å². The first kappa shape index (κ1) is 14.0. The molecule has 0 fully saturated rings. The molecule has 1 rings (SSSR count). The van der Waals surface area contributed by atoms with E-state index in [4.69, 9.17) is 10.4 Å². The van der Waals surface area contributed by atoms with Gasteiger partial charge in [-0.15, -0.1) is 0 Å². The number of unbranched alkanes of at least 4 members (excludes halogenated alkanes) is 2. The van der Waals surface area contributed by atoms with Gasteiger partial charge in [0.1, 0.15) is 6.07 Å². The second kappa shape index (κ2) is 7.31. The fourth-order valence-electron chi connectivity index (χ4n) is 1.60. The van der Waals surface area contributed by atoms with Crippen molar-refractivity contribution in [3.63, 3.8) is 0 Å². The number of aliphatic hydroxyl groups excluding tert-OH is 1. The Morgan fingerprint density at radius 1 is 1.35 bits per heavy atom. The maximum Gasteiger partial charge on any atom is 0.100 e. The molecule has 0 aliphatic rings. The van der Waals surface area contributed by atoms with Crippen LogP contribution < -0.4 is 4.90 Å². The van der Waals surface area contributed by atoms with Crippen molar-refractivity contribution in [3.8, 4) is 6.07 Å². The first-order chi connectivity index (χ1) is 8.19. The molecule has 1 aromatic rings. The highest BCUT2D eigenvalue weighted by molar-refractivity contribution is 9.10. The Kier molecular flexibility index (Phi) is 6.03. The zero-order chi connectivity index (χ0) is 12.7. The third-order valence-corrected chi connectivity index (χ3v) is 3.32. The molecule has 0 unspecified atom stereocenters. The predicted molar refractivity (Wildman–Crippen MR) is 73.1 cm³/mol. The molecular weight excluding hydrogens is 280 g/mol. The van der Waals surface area contributed by atoms with Crippen molar-refractivity contribution in [3.05, 3.63) is 28.2 Å². The van der Waals surface area contributed by atoms with Crippen molar-refractivity contribution in [2.24, 2.45) is 0 Å². The van der Waals surface area contributed by atoms with Crippen molar-refractivity contribution in [1.82, 2.24) is 0 Å². The molecule has 0 amide bonds. The number of hydrogen-bond acceptors (Lipinski definition) is 3. The van der Waals surface area contributed by atoms with E-state index in [0.29, 0.717) is 5.56 Å². The quantitative estimate of drug-likeness (QED) is 0.821. The lowest BCUT2D eigenvalue weighted by Crippen LogP contribution is -2.18. The Balaban J connectivity index is 2.55. The Hall–Kier alpha value is -1.05. The zero-order valence-corrected chi connectivity index (χ0v) is 11.6. The van der Waals surface area contributed by atoms with Crippen LogP contribution in [0.5, 0.6) is 0 Å². The summed E-state index contributed by atoms with van der Waals surface area (Å²) in [4.78, 5) is 2.16. The van der Waals surface area contributed by atoms with Gasteiger partial charge in [0.15, 0.2) is 0 Å². The third-order valence-electron chi connectivity index (χ3n) is 2.67. The van der Waals surface area contributed by atoms with E-state index in [0.717, 1.165) is 36.0 Å². The Labute approximate surface area is 111 Å². The lowest BCUT2D eigenvalue weighted by molar-refractivity contribution is 0.283. The van der Waals surface area contributed by atoms with Crippen LogP contribution in [0, 0.1) is 11.3 Å². The van der Waals surface area contributed by atoms with Gasteiger partial charge in [-0.25, -0.2) is 0 Å². The summed E-state index contributed by atoms with van der Waals surface area (Å²) in [5.41, 5.74) is 1.75. The molecule has 0 aliphatic heterocycles. The molecule has 0 aromatic heterocycles. The average Bonchev–Trinajstić information content (AvgIpc) is 2.34. The summed E-state index contributed by atoms with van der Waals surface area (Å²) in [6.07, 6.45) is 2.97. The molecule has 0 aliphatic carbocycles. The molecule has 0 spiro atoms. The van der Waals surface area contributed by atoms with Crippen LogP contribution in [0.3, 0.4) is 0 Å². The molecule has 0 radical (unpaired) electrons. The van der Waals surface area contributed by atoms with Gasteiger partial charge in [-0.3, -0.25) is 0 Å². The second-order valence-corrected chi connectivity index (χ2v) is 4.84. The van der Waals surface area contributed by atoms with E-state index < -0.39 is 0 Å². The topological polar surface area (TPSA) is 47.3 Å². The predicted octanol–water partition coefficient (Wildman–Crippen LogP) is 2.92. The number of anilines is 1. The highest BCUT2D eigenvalue weighted by atomic mass is 79.9. The Bertz CT molecular complexity index is 401. The van der Waals surface area contributed by atoms with Crippen LogP contribution in [0.1, 0.15) is 24.8 Å². The number of nitriles is 1. The molecule has 0 saturated carbocycles. The number of hydrogen-bond donors (Lipinski definition) is 1. The highest BCUT2D eigenvalue weighted by Crippen LogP contribution is 2.23. The minimum atomic E-state index is 0.270. The van der Waals surface area contributed by atoms with Crippen molar-refractivity contribution < 1.29 is 5.11 Å². The SMILES string of the molecule is CN(CCCCCO)c1ccc(C#N)c(Br)c1. The molecule has 3 nitrogen and oxygen atoms in total. The minimum Gasteiger partial charge on any atom is -0.396 e. The van der Waals surface area contributed by atoms with Crippen LogP contribution in [-0.4, -0.2) is 25.3 Å². The summed E-state index contributed by atoms with van der Waals surface area (Å²) in [5, 5.41) is 17.5. The lowest BCUT2D eigenvalue weighted by Gasteiger charge is -2.19. The monoisotopic (exact) mass is 296 g/mol. The van der Waals surface area contributed by atoms with Crippen molar-refractivity contribution >= 4 is 21.6 Å².